The molecule has 0 heterocycles. The Morgan fingerprint density at radius 1 is 1.00 bits per heavy atom. The van der Waals surface area contributed by atoms with Crippen molar-refractivity contribution >= 4 is 37.6 Å². The van der Waals surface area contributed by atoms with Crippen LogP contribution in [0.15, 0.2) is 71.2 Å². The second-order valence-electron chi connectivity index (χ2n) is 10.0. The SMILES string of the molecule is CCOC.Cc1ccccc1-c1cc(COC(C)Cc2cccc(Br)c2)ccc1C(=O)NC(CCS(C)(=O)=O)C(=O)O. The van der Waals surface area contributed by atoms with E-state index < -0.39 is 27.8 Å². The minimum absolute atomic E-state index is 0.0413. The molecule has 0 saturated heterocycles. The first-order chi connectivity index (χ1) is 19.8. The van der Waals surface area contributed by atoms with Crippen molar-refractivity contribution in [1.82, 2.24) is 5.32 Å². The Balaban J connectivity index is 0.00000144. The largest absolute Gasteiger partial charge is 0.480 e. The van der Waals surface area contributed by atoms with Crippen LogP contribution < -0.4 is 5.32 Å². The van der Waals surface area contributed by atoms with E-state index in [1.807, 2.05) is 63.2 Å². The van der Waals surface area contributed by atoms with Crippen LogP contribution in [-0.4, -0.2) is 63.3 Å². The Hall–Kier alpha value is -3.05. The molecular formula is C32H40BrNO7S. The number of rotatable bonds is 13. The van der Waals surface area contributed by atoms with Crippen molar-refractivity contribution in [2.24, 2.45) is 0 Å². The van der Waals surface area contributed by atoms with Gasteiger partial charge in [0.2, 0.25) is 0 Å². The van der Waals surface area contributed by atoms with Crippen LogP contribution >= 0.6 is 15.9 Å². The molecule has 42 heavy (non-hydrogen) atoms. The van der Waals surface area contributed by atoms with Gasteiger partial charge in [-0.3, -0.25) is 4.79 Å². The van der Waals surface area contributed by atoms with E-state index in [1.165, 1.54) is 0 Å². The Labute approximate surface area is 257 Å². The van der Waals surface area contributed by atoms with E-state index in [4.69, 9.17) is 4.74 Å². The van der Waals surface area contributed by atoms with Gasteiger partial charge in [0, 0.05) is 30.0 Å². The maximum Gasteiger partial charge on any atom is 0.326 e. The van der Waals surface area contributed by atoms with E-state index in [9.17, 15) is 23.1 Å². The molecule has 2 N–H and O–H groups in total. The van der Waals surface area contributed by atoms with E-state index in [-0.39, 0.29) is 18.3 Å². The van der Waals surface area contributed by atoms with Crippen molar-refractivity contribution in [2.75, 3.05) is 25.7 Å². The molecule has 0 spiro atoms. The van der Waals surface area contributed by atoms with Crippen molar-refractivity contribution in [3.63, 3.8) is 0 Å². The fraction of sp³-hybridized carbons (Fsp3) is 0.375. The van der Waals surface area contributed by atoms with E-state index in [2.05, 4.69) is 38.1 Å². The number of methoxy groups -OCH3 is 1. The molecule has 228 valence electrons. The average Bonchev–Trinajstić information content (AvgIpc) is 2.93. The summed E-state index contributed by atoms with van der Waals surface area (Å²) < 4.78 is 34.7. The number of sulfone groups is 1. The number of carboxylic acid groups (broad SMARTS) is 1. The quantitative estimate of drug-likeness (QED) is 0.236. The zero-order chi connectivity index (χ0) is 31.3. The van der Waals surface area contributed by atoms with Gasteiger partial charge in [-0.25, -0.2) is 13.2 Å². The summed E-state index contributed by atoms with van der Waals surface area (Å²) >= 11 is 3.49. The first-order valence-electron chi connectivity index (χ1n) is 13.6. The number of nitrogens with one attached hydrogen (secondary N) is 1. The molecule has 0 aliphatic heterocycles. The Kier molecular flexibility index (Phi) is 14.4. The Morgan fingerprint density at radius 2 is 1.69 bits per heavy atom. The van der Waals surface area contributed by atoms with Crippen LogP contribution in [-0.2, 0) is 37.1 Å². The standard InChI is InChI=1S/C29H32BrNO6S.C3H8O/c1-19-7-4-5-10-24(19)26-17-22(18-37-20(2)15-21-8-6-9-23(30)16-21)11-12-25(26)28(32)31-27(29(33)34)13-14-38(3,35)36;1-3-4-2/h4-12,16-17,20,27H,13-15,18H2,1-3H3,(H,31,32)(H,33,34);3H2,1-2H3. The molecule has 8 nitrogen and oxygen atoms in total. The molecule has 0 aliphatic carbocycles. The summed E-state index contributed by atoms with van der Waals surface area (Å²) in [6, 6.07) is 19.7. The van der Waals surface area contributed by atoms with Crippen LogP contribution in [0.2, 0.25) is 0 Å². The number of carboxylic acids is 1. The lowest BCUT2D eigenvalue weighted by molar-refractivity contribution is -0.139. The molecule has 0 radical (unpaired) electrons. The first-order valence-corrected chi connectivity index (χ1v) is 16.4. The second-order valence-corrected chi connectivity index (χ2v) is 13.2. The number of amides is 1. The number of benzene rings is 3. The summed E-state index contributed by atoms with van der Waals surface area (Å²) in [5, 5.41) is 12.1. The Morgan fingerprint density at radius 3 is 2.29 bits per heavy atom. The predicted octanol–water partition coefficient (Wildman–Crippen LogP) is 5.84. The highest BCUT2D eigenvalue weighted by atomic mass is 79.9. The number of hydrogen-bond donors (Lipinski definition) is 2. The van der Waals surface area contributed by atoms with Crippen molar-refractivity contribution in [2.45, 2.75) is 52.4 Å². The number of halogens is 1. The third kappa shape index (κ3) is 12.1. The monoisotopic (exact) mass is 661 g/mol. The van der Waals surface area contributed by atoms with Gasteiger partial charge in [0.15, 0.2) is 0 Å². The molecule has 3 rings (SSSR count). The number of hydrogen-bond acceptors (Lipinski definition) is 6. The third-order valence-corrected chi connectivity index (χ3v) is 7.85. The zero-order valence-electron chi connectivity index (χ0n) is 24.7. The van der Waals surface area contributed by atoms with Crippen LogP contribution in [0.1, 0.15) is 47.3 Å². The van der Waals surface area contributed by atoms with E-state index in [0.717, 1.165) is 46.0 Å². The summed E-state index contributed by atoms with van der Waals surface area (Å²) in [4.78, 5) is 25.0. The molecule has 0 saturated carbocycles. The molecule has 3 aromatic rings. The lowest BCUT2D eigenvalue weighted by atomic mass is 9.93. The molecule has 1 amide bonds. The molecule has 0 fully saturated rings. The smallest absolute Gasteiger partial charge is 0.326 e. The van der Waals surface area contributed by atoms with Gasteiger partial charge < -0.3 is 19.9 Å². The highest BCUT2D eigenvalue weighted by molar-refractivity contribution is 9.10. The molecule has 0 bridgehead atoms. The van der Waals surface area contributed by atoms with Crippen LogP contribution in [0.25, 0.3) is 11.1 Å². The maximum atomic E-state index is 13.2. The lowest BCUT2D eigenvalue weighted by Crippen LogP contribution is -2.42. The van der Waals surface area contributed by atoms with Crippen LogP contribution in [0.3, 0.4) is 0 Å². The van der Waals surface area contributed by atoms with Gasteiger partial charge >= 0.3 is 5.97 Å². The number of aryl methyl sites for hydroxylation is 1. The molecule has 0 aliphatic rings. The first kappa shape index (κ1) is 35.1. The van der Waals surface area contributed by atoms with Gasteiger partial charge in [-0.2, -0.15) is 0 Å². The Bertz CT molecular complexity index is 1440. The molecule has 3 aromatic carbocycles. The van der Waals surface area contributed by atoms with Gasteiger partial charge in [-0.1, -0.05) is 58.4 Å². The minimum atomic E-state index is -3.38. The number of carbonyl (C=O) groups excluding carboxylic acids is 1. The van der Waals surface area contributed by atoms with E-state index in [1.54, 1.807) is 19.2 Å². The molecular weight excluding hydrogens is 622 g/mol. The summed E-state index contributed by atoms with van der Waals surface area (Å²) in [5.74, 6) is -2.22. The number of aliphatic carboxylic acids is 1. The summed E-state index contributed by atoms with van der Waals surface area (Å²) in [6.45, 7) is 7.06. The van der Waals surface area contributed by atoms with Gasteiger partial charge in [-0.15, -0.1) is 0 Å². The average molecular weight is 663 g/mol. The number of carbonyl (C=O) groups is 2. The van der Waals surface area contributed by atoms with Crippen LogP contribution in [0.5, 0.6) is 0 Å². The van der Waals surface area contributed by atoms with Gasteiger partial charge in [-0.05, 0) is 85.7 Å². The fourth-order valence-electron chi connectivity index (χ4n) is 4.10. The zero-order valence-corrected chi connectivity index (χ0v) is 27.1. The highest BCUT2D eigenvalue weighted by Crippen LogP contribution is 2.29. The predicted molar refractivity (Wildman–Crippen MR) is 169 cm³/mol. The molecule has 0 aromatic heterocycles. The molecule has 10 heteroatoms. The number of ether oxygens (including phenoxy) is 2. The lowest BCUT2D eigenvalue weighted by Gasteiger charge is -2.18. The van der Waals surface area contributed by atoms with Gasteiger partial charge in [0.05, 0.1) is 18.5 Å². The molecule has 2 unspecified atom stereocenters. The van der Waals surface area contributed by atoms with Crippen LogP contribution in [0, 0.1) is 6.92 Å². The molecule has 2 atom stereocenters. The van der Waals surface area contributed by atoms with Gasteiger partial charge in [0.25, 0.3) is 5.91 Å². The maximum absolute atomic E-state index is 13.2. The topological polar surface area (TPSA) is 119 Å². The summed E-state index contributed by atoms with van der Waals surface area (Å²) in [7, 11) is -1.70. The van der Waals surface area contributed by atoms with Crippen LogP contribution in [0.4, 0.5) is 0 Å². The van der Waals surface area contributed by atoms with E-state index >= 15 is 0 Å². The second kappa shape index (κ2) is 17.2. The summed E-state index contributed by atoms with van der Waals surface area (Å²) in [5.41, 5.74) is 4.76. The fourth-order valence-corrected chi connectivity index (χ4v) is 5.21. The van der Waals surface area contributed by atoms with Crippen molar-refractivity contribution in [1.29, 1.82) is 0 Å². The minimum Gasteiger partial charge on any atom is -0.480 e. The van der Waals surface area contributed by atoms with Crippen molar-refractivity contribution in [3.05, 3.63) is 93.5 Å². The normalized spacial score (nSPS) is 12.5. The van der Waals surface area contributed by atoms with Crippen molar-refractivity contribution < 1.29 is 32.6 Å². The third-order valence-electron chi connectivity index (χ3n) is 6.38. The summed E-state index contributed by atoms with van der Waals surface area (Å²) in [6.07, 6.45) is 1.51. The van der Waals surface area contributed by atoms with Crippen molar-refractivity contribution in [3.8, 4) is 11.1 Å². The van der Waals surface area contributed by atoms with E-state index in [0.29, 0.717) is 17.7 Å². The highest BCUT2D eigenvalue weighted by Gasteiger charge is 2.24. The van der Waals surface area contributed by atoms with Gasteiger partial charge in [0.1, 0.15) is 15.9 Å².